The molecule has 8 heteroatoms. The van der Waals surface area contributed by atoms with Gasteiger partial charge in [0.1, 0.15) is 17.6 Å². The summed E-state index contributed by atoms with van der Waals surface area (Å²) in [5, 5.41) is 11.2. The van der Waals surface area contributed by atoms with Gasteiger partial charge >= 0.3 is 5.97 Å². The minimum absolute atomic E-state index is 0.0924. The third-order valence-corrected chi connectivity index (χ3v) is 5.48. The van der Waals surface area contributed by atoms with Crippen molar-refractivity contribution in [3.05, 3.63) is 95.3 Å². The molecule has 1 aromatic heterocycles. The highest BCUT2D eigenvalue weighted by Crippen LogP contribution is 2.41. The lowest BCUT2D eigenvalue weighted by Gasteiger charge is -2.24. The highest BCUT2D eigenvalue weighted by Gasteiger charge is 2.47. The summed E-state index contributed by atoms with van der Waals surface area (Å²) < 4.78 is 10.4. The third kappa shape index (κ3) is 4.63. The number of anilines is 1. The van der Waals surface area contributed by atoms with Gasteiger partial charge in [-0.05, 0) is 62.4 Å². The second-order valence-corrected chi connectivity index (χ2v) is 8.16. The van der Waals surface area contributed by atoms with Gasteiger partial charge in [0.05, 0.1) is 30.0 Å². The summed E-state index contributed by atoms with van der Waals surface area (Å²) in [7, 11) is 1.49. The molecule has 1 fully saturated rings. The maximum Gasteiger partial charge on any atom is 0.338 e. The molecule has 1 aliphatic heterocycles. The van der Waals surface area contributed by atoms with Gasteiger partial charge in [0, 0.05) is 17.4 Å². The molecule has 0 aliphatic carbocycles. The van der Waals surface area contributed by atoms with Crippen LogP contribution in [0.2, 0.25) is 0 Å². The molecule has 2 aromatic carbocycles. The third-order valence-electron chi connectivity index (χ3n) is 5.48. The summed E-state index contributed by atoms with van der Waals surface area (Å²) in [4.78, 5) is 44.3. The molecule has 0 spiro atoms. The first kappa shape index (κ1) is 23.7. The second-order valence-electron chi connectivity index (χ2n) is 8.16. The van der Waals surface area contributed by atoms with Crippen LogP contribution in [0.1, 0.15) is 41.5 Å². The lowest BCUT2D eigenvalue weighted by Crippen LogP contribution is -2.29. The fourth-order valence-electron chi connectivity index (χ4n) is 3.88. The second kappa shape index (κ2) is 9.80. The van der Waals surface area contributed by atoms with E-state index in [0.717, 1.165) is 0 Å². The van der Waals surface area contributed by atoms with Crippen LogP contribution >= 0.6 is 0 Å². The molecular weight excluding hydrogens is 448 g/mol. The molecule has 1 amide bonds. The van der Waals surface area contributed by atoms with E-state index >= 15 is 0 Å². The zero-order valence-corrected chi connectivity index (χ0v) is 19.5. The Morgan fingerprint density at radius 1 is 1.00 bits per heavy atom. The number of carbonyl (C=O) groups excluding carboxylic acids is 3. The highest BCUT2D eigenvalue weighted by atomic mass is 16.5. The van der Waals surface area contributed by atoms with Crippen LogP contribution in [0.25, 0.3) is 5.76 Å². The van der Waals surface area contributed by atoms with Crippen LogP contribution in [-0.2, 0) is 14.3 Å². The number of nitrogens with zero attached hydrogens (tertiary/aromatic N) is 2. The van der Waals surface area contributed by atoms with Gasteiger partial charge in [-0.3, -0.25) is 19.5 Å². The van der Waals surface area contributed by atoms with Crippen LogP contribution in [0.15, 0.2) is 78.5 Å². The number of aliphatic hydroxyl groups excluding tert-OH is 1. The number of pyridine rings is 1. The number of rotatable bonds is 6. The van der Waals surface area contributed by atoms with E-state index in [2.05, 4.69) is 4.98 Å². The smallest absolute Gasteiger partial charge is 0.338 e. The van der Waals surface area contributed by atoms with E-state index in [1.807, 2.05) is 0 Å². The minimum atomic E-state index is -0.976. The predicted molar refractivity (Wildman–Crippen MR) is 129 cm³/mol. The standard InChI is InChI=1S/C27H24N2O6/c1-16(2)35-27(33)17-10-12-19(13-11-17)29-23(21-9-4-5-14-28-21)22(25(31)26(29)32)24(30)18-7-6-8-20(15-18)34-3/h4-16,23,30H,1-3H3/b24-22+. The topological polar surface area (TPSA) is 106 Å². The van der Waals surface area contributed by atoms with Crippen LogP contribution in [0.3, 0.4) is 0 Å². The summed E-state index contributed by atoms with van der Waals surface area (Å²) in [6.45, 7) is 3.50. The first-order chi connectivity index (χ1) is 16.8. The number of aliphatic hydroxyl groups is 1. The first-order valence-electron chi connectivity index (χ1n) is 11.0. The van der Waals surface area contributed by atoms with Crippen LogP contribution in [0.4, 0.5) is 5.69 Å². The van der Waals surface area contributed by atoms with Crippen molar-refractivity contribution in [2.45, 2.75) is 26.0 Å². The number of hydrogen-bond donors (Lipinski definition) is 1. The van der Waals surface area contributed by atoms with E-state index in [4.69, 9.17) is 9.47 Å². The van der Waals surface area contributed by atoms with E-state index in [1.165, 1.54) is 24.1 Å². The average Bonchev–Trinajstić information content (AvgIpc) is 3.14. The number of ether oxygens (including phenoxy) is 2. The average molecular weight is 472 g/mol. The van der Waals surface area contributed by atoms with Crippen molar-refractivity contribution >= 4 is 29.1 Å². The van der Waals surface area contributed by atoms with Crippen molar-refractivity contribution in [2.75, 3.05) is 12.0 Å². The zero-order valence-electron chi connectivity index (χ0n) is 19.5. The van der Waals surface area contributed by atoms with E-state index in [9.17, 15) is 19.5 Å². The molecule has 178 valence electrons. The molecule has 0 bridgehead atoms. The molecule has 1 N–H and O–H groups in total. The van der Waals surface area contributed by atoms with Gasteiger partial charge in [0.25, 0.3) is 11.7 Å². The predicted octanol–water partition coefficient (Wildman–Crippen LogP) is 4.28. The number of aromatic nitrogens is 1. The summed E-state index contributed by atoms with van der Waals surface area (Å²) >= 11 is 0. The van der Waals surface area contributed by atoms with E-state index in [-0.39, 0.29) is 17.4 Å². The van der Waals surface area contributed by atoms with E-state index in [1.54, 1.807) is 74.6 Å². The molecule has 1 unspecified atom stereocenters. The largest absolute Gasteiger partial charge is 0.507 e. The molecule has 0 saturated carbocycles. The van der Waals surface area contributed by atoms with Crippen LogP contribution in [-0.4, -0.2) is 41.0 Å². The highest BCUT2D eigenvalue weighted by molar-refractivity contribution is 6.51. The monoisotopic (exact) mass is 472 g/mol. The lowest BCUT2D eigenvalue weighted by atomic mass is 9.98. The number of amides is 1. The molecule has 1 saturated heterocycles. The quantitative estimate of drug-likeness (QED) is 0.247. The molecule has 0 radical (unpaired) electrons. The normalized spacial score (nSPS) is 17.0. The maximum absolute atomic E-state index is 13.2. The Labute approximate surface area is 202 Å². The number of ketones is 1. The number of esters is 1. The molecule has 35 heavy (non-hydrogen) atoms. The summed E-state index contributed by atoms with van der Waals surface area (Å²) in [5.41, 5.74) is 1.32. The Balaban J connectivity index is 1.82. The van der Waals surface area contributed by atoms with Crippen molar-refractivity contribution in [3.8, 4) is 5.75 Å². The molecule has 3 aromatic rings. The van der Waals surface area contributed by atoms with E-state index < -0.39 is 23.7 Å². The Hall–Kier alpha value is -4.46. The minimum Gasteiger partial charge on any atom is -0.507 e. The molecular formula is C27H24N2O6. The van der Waals surface area contributed by atoms with Gasteiger partial charge in [0.15, 0.2) is 0 Å². The van der Waals surface area contributed by atoms with Gasteiger partial charge in [-0.25, -0.2) is 4.79 Å². The molecule has 1 aliphatic rings. The number of carbonyl (C=O) groups is 3. The Bertz CT molecular complexity index is 1300. The molecule has 2 heterocycles. The lowest BCUT2D eigenvalue weighted by molar-refractivity contribution is -0.132. The number of benzene rings is 2. The fraction of sp³-hybridized carbons (Fsp3) is 0.185. The van der Waals surface area contributed by atoms with Crippen LogP contribution in [0.5, 0.6) is 5.75 Å². The molecule has 4 rings (SSSR count). The molecule has 1 atom stereocenters. The van der Waals surface area contributed by atoms with Crippen LogP contribution < -0.4 is 9.64 Å². The van der Waals surface area contributed by atoms with Crippen LogP contribution in [0, 0.1) is 0 Å². The van der Waals surface area contributed by atoms with Gasteiger partial charge in [0.2, 0.25) is 0 Å². The first-order valence-corrected chi connectivity index (χ1v) is 11.0. The van der Waals surface area contributed by atoms with Gasteiger partial charge < -0.3 is 14.6 Å². The number of Topliss-reactive ketones (excluding diaryl/α,β-unsaturated/α-hetero) is 1. The van der Waals surface area contributed by atoms with E-state index in [0.29, 0.717) is 28.3 Å². The van der Waals surface area contributed by atoms with Crippen molar-refractivity contribution in [1.29, 1.82) is 0 Å². The zero-order chi connectivity index (χ0) is 25.1. The van der Waals surface area contributed by atoms with Gasteiger partial charge in [-0.15, -0.1) is 0 Å². The molecule has 8 nitrogen and oxygen atoms in total. The van der Waals surface area contributed by atoms with Crippen molar-refractivity contribution < 1.29 is 29.0 Å². The number of hydrogen-bond acceptors (Lipinski definition) is 7. The fourth-order valence-corrected chi connectivity index (χ4v) is 3.88. The van der Waals surface area contributed by atoms with Gasteiger partial charge in [-0.2, -0.15) is 0 Å². The SMILES string of the molecule is COc1cccc(/C(O)=C2\C(=O)C(=O)N(c3ccc(C(=O)OC(C)C)cc3)C2c2ccccn2)c1. The Kier molecular flexibility index (Phi) is 6.64. The summed E-state index contributed by atoms with van der Waals surface area (Å²) in [6, 6.07) is 16.9. The summed E-state index contributed by atoms with van der Waals surface area (Å²) in [5.74, 6) is -2.00. The summed E-state index contributed by atoms with van der Waals surface area (Å²) in [6.07, 6.45) is 1.27. The number of methoxy groups -OCH3 is 1. The van der Waals surface area contributed by atoms with Crippen molar-refractivity contribution in [2.24, 2.45) is 0 Å². The Morgan fingerprint density at radius 2 is 1.74 bits per heavy atom. The maximum atomic E-state index is 13.2. The van der Waals surface area contributed by atoms with Gasteiger partial charge in [-0.1, -0.05) is 18.2 Å². The van der Waals surface area contributed by atoms with Crippen molar-refractivity contribution in [3.63, 3.8) is 0 Å². The Morgan fingerprint density at radius 3 is 2.37 bits per heavy atom. The van der Waals surface area contributed by atoms with Crippen molar-refractivity contribution in [1.82, 2.24) is 4.98 Å².